The van der Waals surface area contributed by atoms with Crippen molar-refractivity contribution in [1.82, 2.24) is 0 Å². The summed E-state index contributed by atoms with van der Waals surface area (Å²) < 4.78 is 5.58. The first kappa shape index (κ1) is 17.9. The summed E-state index contributed by atoms with van der Waals surface area (Å²) in [5.74, 6) is 0.753. The number of hydrogen-bond donors (Lipinski definition) is 1. The van der Waals surface area contributed by atoms with Gasteiger partial charge in [0, 0.05) is 11.4 Å². The van der Waals surface area contributed by atoms with Crippen LogP contribution >= 0.6 is 0 Å². The van der Waals surface area contributed by atoms with E-state index in [0.717, 1.165) is 28.3 Å². The maximum Gasteiger partial charge on any atom is 0.262 e. The highest BCUT2D eigenvalue weighted by atomic mass is 16.5. The maximum absolute atomic E-state index is 13.3. The number of para-hydroxylation sites is 1. The fraction of sp³-hybridized carbons (Fsp3) is 0.125. The zero-order valence-corrected chi connectivity index (χ0v) is 15.8. The van der Waals surface area contributed by atoms with E-state index in [9.17, 15) is 4.79 Å². The number of aryl methyl sites for hydroxylation is 1. The first-order valence-corrected chi connectivity index (χ1v) is 9.27. The number of amides is 1. The second-order valence-corrected chi connectivity index (χ2v) is 6.77. The highest BCUT2D eigenvalue weighted by Gasteiger charge is 2.33. The topological polar surface area (TPSA) is 41.6 Å². The van der Waals surface area contributed by atoms with Gasteiger partial charge in [-0.05, 0) is 48.9 Å². The second-order valence-electron chi connectivity index (χ2n) is 6.77. The third-order valence-corrected chi connectivity index (χ3v) is 4.80. The van der Waals surface area contributed by atoms with Crippen LogP contribution in [0.15, 0.2) is 85.5 Å². The minimum Gasteiger partial charge on any atom is -0.490 e. The molecular weight excluding hydrogens is 348 g/mol. The minimum atomic E-state index is -0.307. The Kier molecular flexibility index (Phi) is 4.85. The zero-order chi connectivity index (χ0) is 19.5. The lowest BCUT2D eigenvalue weighted by molar-refractivity contribution is 0.0975. The van der Waals surface area contributed by atoms with Gasteiger partial charge in [0.15, 0.2) is 0 Å². The molecule has 0 aromatic heterocycles. The summed E-state index contributed by atoms with van der Waals surface area (Å²) in [6.45, 7) is 6.16. The number of ether oxygens (including phenoxy) is 1. The number of fused-ring (bicyclic) bond motifs is 1. The van der Waals surface area contributed by atoms with E-state index < -0.39 is 0 Å². The van der Waals surface area contributed by atoms with E-state index in [-0.39, 0.29) is 12.1 Å². The van der Waals surface area contributed by atoms with Crippen LogP contribution in [0.4, 0.5) is 11.4 Å². The molecule has 1 aliphatic heterocycles. The van der Waals surface area contributed by atoms with Gasteiger partial charge in [0.1, 0.15) is 18.5 Å². The molecular formula is C24H22N2O2. The SMILES string of the molecule is C=CCOc1ccc([C@H]2Nc3ccccc3C(=O)N2c2ccc(C)cc2)cc1. The van der Waals surface area contributed by atoms with Gasteiger partial charge in [-0.1, -0.05) is 54.6 Å². The van der Waals surface area contributed by atoms with Crippen molar-refractivity contribution in [1.29, 1.82) is 0 Å². The van der Waals surface area contributed by atoms with Crippen LogP contribution in [-0.2, 0) is 0 Å². The molecule has 0 saturated heterocycles. The molecule has 0 unspecified atom stereocenters. The molecule has 1 heterocycles. The first-order chi connectivity index (χ1) is 13.7. The van der Waals surface area contributed by atoms with Crippen LogP contribution in [0.1, 0.15) is 27.7 Å². The first-order valence-electron chi connectivity index (χ1n) is 9.27. The van der Waals surface area contributed by atoms with Crippen molar-refractivity contribution >= 4 is 17.3 Å². The van der Waals surface area contributed by atoms with E-state index in [1.165, 1.54) is 0 Å². The number of benzene rings is 3. The molecule has 28 heavy (non-hydrogen) atoms. The van der Waals surface area contributed by atoms with Crippen LogP contribution in [0, 0.1) is 6.92 Å². The number of carbonyl (C=O) groups excluding carboxylic acids is 1. The Morgan fingerprint density at radius 1 is 1.04 bits per heavy atom. The van der Waals surface area contributed by atoms with Crippen molar-refractivity contribution in [2.45, 2.75) is 13.1 Å². The summed E-state index contributed by atoms with van der Waals surface area (Å²) in [7, 11) is 0. The van der Waals surface area contributed by atoms with Crippen LogP contribution < -0.4 is 15.0 Å². The molecule has 0 saturated carbocycles. The molecule has 0 spiro atoms. The van der Waals surface area contributed by atoms with Gasteiger partial charge in [-0.15, -0.1) is 0 Å². The number of rotatable bonds is 5. The minimum absolute atomic E-state index is 0.0183. The van der Waals surface area contributed by atoms with Gasteiger partial charge in [-0.25, -0.2) is 0 Å². The van der Waals surface area contributed by atoms with Gasteiger partial charge in [0.25, 0.3) is 5.91 Å². The Balaban J connectivity index is 1.75. The van der Waals surface area contributed by atoms with Crippen LogP contribution in [-0.4, -0.2) is 12.5 Å². The van der Waals surface area contributed by atoms with E-state index in [2.05, 4.69) is 11.9 Å². The molecule has 3 aromatic carbocycles. The Morgan fingerprint density at radius 3 is 2.46 bits per heavy atom. The quantitative estimate of drug-likeness (QED) is 0.617. The molecule has 4 nitrogen and oxygen atoms in total. The van der Waals surface area contributed by atoms with Crippen molar-refractivity contribution in [3.63, 3.8) is 0 Å². The fourth-order valence-electron chi connectivity index (χ4n) is 3.36. The van der Waals surface area contributed by atoms with Gasteiger partial charge < -0.3 is 10.1 Å². The van der Waals surface area contributed by atoms with Gasteiger partial charge in [0.05, 0.1) is 5.56 Å². The Bertz CT molecular complexity index is 994. The Hall–Kier alpha value is -3.53. The molecule has 4 rings (SSSR count). The molecule has 0 radical (unpaired) electrons. The number of hydrogen-bond acceptors (Lipinski definition) is 3. The van der Waals surface area contributed by atoms with Crippen LogP contribution in [0.5, 0.6) is 5.75 Å². The molecule has 0 fully saturated rings. The van der Waals surface area contributed by atoms with Gasteiger partial charge >= 0.3 is 0 Å². The Labute approximate surface area is 165 Å². The monoisotopic (exact) mass is 370 g/mol. The van der Waals surface area contributed by atoms with Crippen molar-refractivity contribution < 1.29 is 9.53 Å². The predicted octanol–water partition coefficient (Wildman–Crippen LogP) is 5.33. The van der Waals surface area contributed by atoms with E-state index in [1.54, 1.807) is 11.0 Å². The molecule has 1 aliphatic rings. The van der Waals surface area contributed by atoms with Gasteiger partial charge in [-0.2, -0.15) is 0 Å². The van der Waals surface area contributed by atoms with Crippen molar-refractivity contribution in [2.75, 3.05) is 16.8 Å². The zero-order valence-electron chi connectivity index (χ0n) is 15.8. The molecule has 1 amide bonds. The lowest BCUT2D eigenvalue weighted by Gasteiger charge is -2.38. The summed E-state index contributed by atoms with van der Waals surface area (Å²) >= 11 is 0. The van der Waals surface area contributed by atoms with Gasteiger partial charge in [-0.3, -0.25) is 9.69 Å². The van der Waals surface area contributed by atoms with Gasteiger partial charge in [0.2, 0.25) is 0 Å². The molecule has 4 heteroatoms. The number of nitrogens with one attached hydrogen (secondary N) is 1. The molecule has 1 N–H and O–H groups in total. The third kappa shape index (κ3) is 3.37. The molecule has 1 atom stereocenters. The number of carbonyl (C=O) groups is 1. The lowest BCUT2D eigenvalue weighted by atomic mass is 10.0. The third-order valence-electron chi connectivity index (χ3n) is 4.80. The standard InChI is InChI=1S/C24H22N2O2/c1-3-16-28-20-14-10-18(11-15-20)23-25-22-7-5-4-6-21(22)24(27)26(23)19-12-8-17(2)9-13-19/h3-15,23,25H,1,16H2,2H3/t23-/m0/s1. The van der Waals surface area contributed by atoms with Crippen molar-refractivity contribution in [2.24, 2.45) is 0 Å². The second kappa shape index (κ2) is 7.61. The highest BCUT2D eigenvalue weighted by Crippen LogP contribution is 2.37. The van der Waals surface area contributed by atoms with E-state index in [4.69, 9.17) is 4.74 Å². The summed E-state index contributed by atoms with van der Waals surface area (Å²) in [6, 6.07) is 23.4. The summed E-state index contributed by atoms with van der Waals surface area (Å²) in [5, 5.41) is 3.52. The van der Waals surface area contributed by atoms with Crippen molar-refractivity contribution in [3.05, 3.63) is 102 Å². The average molecular weight is 370 g/mol. The summed E-state index contributed by atoms with van der Waals surface area (Å²) in [5.41, 5.74) is 4.50. The average Bonchev–Trinajstić information content (AvgIpc) is 2.73. The van der Waals surface area contributed by atoms with Crippen LogP contribution in [0.3, 0.4) is 0 Å². The van der Waals surface area contributed by atoms with Crippen molar-refractivity contribution in [3.8, 4) is 5.75 Å². The van der Waals surface area contributed by atoms with E-state index >= 15 is 0 Å². The molecule has 0 bridgehead atoms. The lowest BCUT2D eigenvalue weighted by Crippen LogP contribution is -2.43. The Morgan fingerprint density at radius 2 is 1.75 bits per heavy atom. The van der Waals surface area contributed by atoms with Crippen LogP contribution in [0.2, 0.25) is 0 Å². The molecule has 0 aliphatic carbocycles. The number of nitrogens with zero attached hydrogens (tertiary/aromatic N) is 1. The van der Waals surface area contributed by atoms with Crippen LogP contribution in [0.25, 0.3) is 0 Å². The normalized spacial score (nSPS) is 15.5. The number of anilines is 2. The predicted molar refractivity (Wildman–Crippen MR) is 113 cm³/mol. The maximum atomic E-state index is 13.3. The smallest absolute Gasteiger partial charge is 0.262 e. The fourth-order valence-corrected chi connectivity index (χ4v) is 3.36. The largest absolute Gasteiger partial charge is 0.490 e. The summed E-state index contributed by atoms with van der Waals surface area (Å²) in [6.07, 6.45) is 1.41. The molecule has 140 valence electrons. The molecule has 3 aromatic rings. The summed E-state index contributed by atoms with van der Waals surface area (Å²) in [4.78, 5) is 15.2. The van der Waals surface area contributed by atoms with E-state index in [1.807, 2.05) is 79.7 Å². The highest BCUT2D eigenvalue weighted by molar-refractivity contribution is 6.12. The van der Waals surface area contributed by atoms with E-state index in [0.29, 0.717) is 12.2 Å².